The first-order chi connectivity index (χ1) is 17.8. The number of nitrogens with one attached hydrogen (secondary N) is 1. The second-order valence-electron chi connectivity index (χ2n) is 12.8. The van der Waals surface area contributed by atoms with Gasteiger partial charge in [0.15, 0.2) is 5.69 Å². The Morgan fingerprint density at radius 2 is 1.68 bits per heavy atom. The largest absolute Gasteiger partial charge is 0.349 e. The van der Waals surface area contributed by atoms with E-state index in [1.54, 1.807) is 0 Å². The standard InChI is InChI=1S/C30H43N5O2/c1-20(2)35-26-7-5-4-6-25(26)27(32-35)28(36)31-10-13-34-11-8-24(9-12-34)33(3)29(37)30-17-21-14-22(18-30)16-23(15-21)19-30/h4-7,20-24H,8-19H2,1-3H3,(H,31,36). The van der Waals surface area contributed by atoms with E-state index in [1.807, 2.05) is 28.9 Å². The molecule has 0 unspecified atom stereocenters. The summed E-state index contributed by atoms with van der Waals surface area (Å²) >= 11 is 0. The maximum atomic E-state index is 13.8. The van der Waals surface area contributed by atoms with Gasteiger partial charge in [-0.3, -0.25) is 14.3 Å². The molecule has 2 heterocycles. The summed E-state index contributed by atoms with van der Waals surface area (Å²) in [7, 11) is 2.07. The van der Waals surface area contributed by atoms with Crippen molar-refractivity contribution in [3.8, 4) is 0 Å². The molecular weight excluding hydrogens is 462 g/mol. The van der Waals surface area contributed by atoms with Crippen LogP contribution in [0.5, 0.6) is 0 Å². The van der Waals surface area contributed by atoms with Gasteiger partial charge in [-0.25, -0.2) is 0 Å². The van der Waals surface area contributed by atoms with Crippen LogP contribution in [0.15, 0.2) is 24.3 Å². The first kappa shape index (κ1) is 24.9. The van der Waals surface area contributed by atoms with Crippen molar-refractivity contribution in [2.24, 2.45) is 23.2 Å². The van der Waals surface area contributed by atoms with Crippen LogP contribution in [-0.4, -0.2) is 70.7 Å². The summed E-state index contributed by atoms with van der Waals surface area (Å²) in [4.78, 5) is 31.3. The molecule has 1 aromatic heterocycles. The maximum absolute atomic E-state index is 13.8. The summed E-state index contributed by atoms with van der Waals surface area (Å²) in [5.41, 5.74) is 1.46. The van der Waals surface area contributed by atoms with Crippen molar-refractivity contribution in [1.29, 1.82) is 0 Å². The summed E-state index contributed by atoms with van der Waals surface area (Å²) < 4.78 is 1.93. The third-order valence-corrected chi connectivity index (χ3v) is 9.95. The number of likely N-dealkylation sites (tertiary alicyclic amines) is 1. The molecule has 1 saturated heterocycles. The van der Waals surface area contributed by atoms with Gasteiger partial charge in [-0.1, -0.05) is 18.2 Å². The number of hydrogen-bond donors (Lipinski definition) is 1. The third-order valence-electron chi connectivity index (χ3n) is 9.95. The lowest BCUT2D eigenvalue weighted by atomic mass is 9.49. The van der Waals surface area contributed by atoms with Gasteiger partial charge in [-0.05, 0) is 89.0 Å². The Morgan fingerprint density at radius 3 is 2.30 bits per heavy atom. The van der Waals surface area contributed by atoms with Crippen LogP contribution in [0, 0.1) is 23.2 Å². The summed E-state index contributed by atoms with van der Waals surface area (Å²) in [6, 6.07) is 8.48. The molecule has 1 aliphatic heterocycles. The van der Waals surface area contributed by atoms with Crippen LogP contribution in [-0.2, 0) is 4.79 Å². The van der Waals surface area contributed by atoms with Gasteiger partial charge >= 0.3 is 0 Å². The lowest BCUT2D eigenvalue weighted by Crippen LogP contribution is -2.56. The summed E-state index contributed by atoms with van der Waals surface area (Å²) in [5.74, 6) is 2.75. The minimum Gasteiger partial charge on any atom is -0.349 e. The molecule has 4 saturated carbocycles. The molecule has 5 fully saturated rings. The van der Waals surface area contributed by atoms with Gasteiger partial charge in [0.1, 0.15) is 0 Å². The summed E-state index contributed by atoms with van der Waals surface area (Å²) in [5, 5.41) is 8.62. The first-order valence-corrected chi connectivity index (χ1v) is 14.6. The van der Waals surface area contributed by atoms with E-state index in [9.17, 15) is 9.59 Å². The van der Waals surface area contributed by atoms with Crippen molar-refractivity contribution in [3.05, 3.63) is 30.0 Å². The summed E-state index contributed by atoms with van der Waals surface area (Å²) in [6.45, 7) is 7.55. The molecule has 7 rings (SSSR count). The number of para-hydroxylation sites is 1. The van der Waals surface area contributed by atoms with Gasteiger partial charge in [0.2, 0.25) is 5.91 Å². The Morgan fingerprint density at radius 1 is 1.05 bits per heavy atom. The molecule has 0 spiro atoms. The number of amides is 2. The van der Waals surface area contributed by atoms with Crippen LogP contribution in [0.4, 0.5) is 0 Å². The topological polar surface area (TPSA) is 70.5 Å². The van der Waals surface area contributed by atoms with E-state index in [1.165, 1.54) is 19.3 Å². The Kier molecular flexibility index (Phi) is 6.54. The molecule has 0 atom stereocenters. The molecule has 7 heteroatoms. The molecule has 4 bridgehead atoms. The zero-order valence-corrected chi connectivity index (χ0v) is 22.8. The monoisotopic (exact) mass is 505 g/mol. The second-order valence-corrected chi connectivity index (χ2v) is 12.8. The molecular formula is C30H43N5O2. The molecule has 37 heavy (non-hydrogen) atoms. The fourth-order valence-corrected chi connectivity index (χ4v) is 8.50. The van der Waals surface area contributed by atoms with Gasteiger partial charge in [0.25, 0.3) is 5.91 Å². The third kappa shape index (κ3) is 4.58. The van der Waals surface area contributed by atoms with E-state index in [-0.39, 0.29) is 17.4 Å². The number of hydrogen-bond acceptors (Lipinski definition) is 4. The molecule has 1 aromatic carbocycles. The highest BCUT2D eigenvalue weighted by molar-refractivity contribution is 6.04. The fraction of sp³-hybridized carbons (Fsp3) is 0.700. The van der Waals surface area contributed by atoms with Crippen molar-refractivity contribution >= 4 is 22.7 Å². The van der Waals surface area contributed by atoms with Crippen molar-refractivity contribution < 1.29 is 9.59 Å². The predicted octanol–water partition coefficient (Wildman–Crippen LogP) is 4.49. The van der Waals surface area contributed by atoms with E-state index in [0.29, 0.717) is 24.2 Å². The second kappa shape index (κ2) is 9.72. The molecule has 4 aliphatic carbocycles. The highest BCUT2D eigenvalue weighted by Gasteiger charge is 2.55. The molecule has 7 nitrogen and oxygen atoms in total. The smallest absolute Gasteiger partial charge is 0.272 e. The molecule has 1 N–H and O–H groups in total. The van der Waals surface area contributed by atoms with Crippen molar-refractivity contribution in [2.75, 3.05) is 33.2 Å². The van der Waals surface area contributed by atoms with Gasteiger partial charge in [0, 0.05) is 50.7 Å². The number of nitrogens with zero attached hydrogens (tertiary/aromatic N) is 4. The van der Waals surface area contributed by atoms with Gasteiger partial charge in [0.05, 0.1) is 10.9 Å². The Bertz CT molecular complexity index is 1130. The maximum Gasteiger partial charge on any atom is 0.272 e. The number of benzene rings is 1. The minimum atomic E-state index is -0.105. The number of rotatable bonds is 7. The number of carbonyl (C=O) groups is 2. The number of piperidine rings is 1. The van der Waals surface area contributed by atoms with E-state index >= 15 is 0 Å². The zero-order valence-electron chi connectivity index (χ0n) is 22.8. The molecule has 0 radical (unpaired) electrons. The quantitative estimate of drug-likeness (QED) is 0.602. The first-order valence-electron chi connectivity index (χ1n) is 14.6. The number of carbonyl (C=O) groups excluding carboxylic acids is 2. The van der Waals surface area contributed by atoms with E-state index < -0.39 is 0 Å². The van der Waals surface area contributed by atoms with E-state index in [4.69, 9.17) is 0 Å². The lowest BCUT2D eigenvalue weighted by Gasteiger charge is -2.57. The normalized spacial score (nSPS) is 29.8. The SMILES string of the molecule is CC(C)n1nc(C(=O)NCCN2CCC(N(C)C(=O)C34CC5CC(CC(C5)C3)C4)CC2)c2ccccc21. The summed E-state index contributed by atoms with van der Waals surface area (Å²) in [6.07, 6.45) is 9.60. The molecule has 2 aromatic rings. The van der Waals surface area contributed by atoms with Crippen LogP contribution in [0.1, 0.15) is 81.7 Å². The molecule has 5 aliphatic rings. The number of fused-ring (bicyclic) bond motifs is 1. The van der Waals surface area contributed by atoms with E-state index in [2.05, 4.69) is 41.1 Å². The molecule has 2 amide bonds. The average Bonchev–Trinajstić information content (AvgIpc) is 3.28. The van der Waals surface area contributed by atoms with Crippen LogP contribution >= 0.6 is 0 Å². The van der Waals surface area contributed by atoms with Crippen molar-refractivity contribution in [2.45, 2.75) is 77.3 Å². The predicted molar refractivity (Wildman–Crippen MR) is 145 cm³/mol. The molecule has 200 valence electrons. The van der Waals surface area contributed by atoms with Crippen LogP contribution < -0.4 is 5.32 Å². The van der Waals surface area contributed by atoms with Crippen LogP contribution in [0.25, 0.3) is 10.9 Å². The van der Waals surface area contributed by atoms with Gasteiger partial charge in [-0.15, -0.1) is 0 Å². The zero-order chi connectivity index (χ0) is 25.7. The number of aromatic nitrogens is 2. The fourth-order valence-electron chi connectivity index (χ4n) is 8.50. The van der Waals surface area contributed by atoms with E-state index in [0.717, 1.165) is 80.4 Å². The van der Waals surface area contributed by atoms with Crippen LogP contribution in [0.2, 0.25) is 0 Å². The highest BCUT2D eigenvalue weighted by atomic mass is 16.2. The van der Waals surface area contributed by atoms with Crippen molar-refractivity contribution in [3.63, 3.8) is 0 Å². The van der Waals surface area contributed by atoms with Gasteiger partial charge < -0.3 is 15.1 Å². The highest BCUT2D eigenvalue weighted by Crippen LogP contribution is 2.60. The Labute approximate surface area is 220 Å². The minimum absolute atomic E-state index is 0.0440. The van der Waals surface area contributed by atoms with Gasteiger partial charge in [-0.2, -0.15) is 5.10 Å². The Balaban J connectivity index is 0.994. The van der Waals surface area contributed by atoms with Crippen molar-refractivity contribution in [1.82, 2.24) is 24.9 Å². The average molecular weight is 506 g/mol. The lowest BCUT2D eigenvalue weighted by molar-refractivity contribution is -0.159. The van der Waals surface area contributed by atoms with Crippen LogP contribution in [0.3, 0.4) is 0 Å². The Hall–Kier alpha value is -2.41.